The van der Waals surface area contributed by atoms with E-state index in [0.29, 0.717) is 0 Å². The summed E-state index contributed by atoms with van der Waals surface area (Å²) in [6.45, 7) is 3.76. The predicted octanol–water partition coefficient (Wildman–Crippen LogP) is 3.17. The van der Waals surface area contributed by atoms with Crippen LogP contribution in [0, 0.1) is 11.7 Å². The van der Waals surface area contributed by atoms with Crippen molar-refractivity contribution in [2.45, 2.75) is 39.2 Å². The minimum absolute atomic E-state index is 0.104. The molecule has 0 saturated carbocycles. The van der Waals surface area contributed by atoms with E-state index in [2.05, 4.69) is 0 Å². The third-order valence-corrected chi connectivity index (χ3v) is 3.19. The topological polar surface area (TPSA) is 52.3 Å². The van der Waals surface area contributed by atoms with Crippen LogP contribution in [0.5, 0.6) is 5.75 Å². The summed E-state index contributed by atoms with van der Waals surface area (Å²) in [5.74, 6) is -0.857. The molecule has 1 rings (SSSR count). The molecule has 0 amide bonds. The fourth-order valence-corrected chi connectivity index (χ4v) is 2.00. The maximum atomic E-state index is 14.0. The predicted molar refractivity (Wildman–Crippen MR) is 73.9 cm³/mol. The number of halogens is 1. The van der Waals surface area contributed by atoms with E-state index < -0.39 is 5.82 Å². The number of Topliss-reactive ketones (excluding diaryl/α,β-unsaturated/α-hetero) is 1. The maximum Gasteiger partial charge on any atom is 0.175 e. The van der Waals surface area contributed by atoms with Gasteiger partial charge >= 0.3 is 0 Å². The van der Waals surface area contributed by atoms with Gasteiger partial charge < -0.3 is 10.5 Å². The largest absolute Gasteiger partial charge is 0.494 e. The Morgan fingerprint density at radius 3 is 2.63 bits per heavy atom. The number of benzene rings is 1. The summed E-state index contributed by atoms with van der Waals surface area (Å²) in [7, 11) is 1.39. The number of carbonyl (C=O) groups is 1. The number of hydrogen-bond acceptors (Lipinski definition) is 3. The molecule has 0 aliphatic carbocycles. The van der Waals surface area contributed by atoms with E-state index in [1.165, 1.54) is 19.2 Å². The summed E-state index contributed by atoms with van der Waals surface area (Å²) in [6.07, 6.45) is 2.46. The zero-order valence-electron chi connectivity index (χ0n) is 11.8. The first-order chi connectivity index (χ1) is 8.97. The quantitative estimate of drug-likeness (QED) is 0.772. The molecular formula is C15H22FNO2. The van der Waals surface area contributed by atoms with Gasteiger partial charge in [0.05, 0.1) is 12.7 Å². The zero-order chi connectivity index (χ0) is 14.4. The van der Waals surface area contributed by atoms with Crippen LogP contribution in [0.25, 0.3) is 0 Å². The fraction of sp³-hybridized carbons (Fsp3) is 0.533. The summed E-state index contributed by atoms with van der Waals surface area (Å²) in [5.41, 5.74) is 5.77. The van der Waals surface area contributed by atoms with Gasteiger partial charge in [-0.25, -0.2) is 4.39 Å². The smallest absolute Gasteiger partial charge is 0.175 e. The van der Waals surface area contributed by atoms with E-state index in [1.54, 1.807) is 6.07 Å². The Morgan fingerprint density at radius 2 is 2.05 bits per heavy atom. The lowest BCUT2D eigenvalue weighted by atomic mass is 9.93. The van der Waals surface area contributed by atoms with Crippen molar-refractivity contribution >= 4 is 5.78 Å². The SMILES string of the molecule is COc1cccc(C(=O)C(C)CCCC(C)N)c1F. The Labute approximate surface area is 113 Å². The number of rotatable bonds is 7. The third kappa shape index (κ3) is 4.31. The van der Waals surface area contributed by atoms with Crippen molar-refractivity contribution in [3.8, 4) is 5.75 Å². The standard InChI is InChI=1S/C15H22FNO2/c1-10(6-4-7-11(2)17)15(18)12-8-5-9-13(19-3)14(12)16/h5,8-11H,4,6-7,17H2,1-3H3. The molecule has 0 aliphatic rings. The van der Waals surface area contributed by atoms with Gasteiger partial charge in [0, 0.05) is 12.0 Å². The monoisotopic (exact) mass is 267 g/mol. The second-order valence-electron chi connectivity index (χ2n) is 5.00. The van der Waals surface area contributed by atoms with Gasteiger partial charge in [-0.05, 0) is 31.9 Å². The van der Waals surface area contributed by atoms with Crippen LogP contribution >= 0.6 is 0 Å². The van der Waals surface area contributed by atoms with Crippen LogP contribution in [0.2, 0.25) is 0 Å². The van der Waals surface area contributed by atoms with E-state index >= 15 is 0 Å². The van der Waals surface area contributed by atoms with Crippen LogP contribution < -0.4 is 10.5 Å². The minimum Gasteiger partial charge on any atom is -0.494 e. The van der Waals surface area contributed by atoms with Crippen LogP contribution in [-0.4, -0.2) is 18.9 Å². The average Bonchev–Trinajstić information content (AvgIpc) is 2.37. The summed E-state index contributed by atoms with van der Waals surface area (Å²) >= 11 is 0. The average molecular weight is 267 g/mol. The highest BCUT2D eigenvalue weighted by molar-refractivity contribution is 5.98. The summed E-state index contributed by atoms with van der Waals surface area (Å²) in [5, 5.41) is 0. The molecule has 106 valence electrons. The van der Waals surface area contributed by atoms with Crippen molar-refractivity contribution in [2.24, 2.45) is 11.7 Å². The highest BCUT2D eigenvalue weighted by atomic mass is 19.1. The molecule has 0 heterocycles. The molecule has 0 aliphatic heterocycles. The first-order valence-electron chi connectivity index (χ1n) is 6.59. The van der Waals surface area contributed by atoms with Gasteiger partial charge in [-0.15, -0.1) is 0 Å². The molecule has 0 fully saturated rings. The molecule has 0 saturated heterocycles. The lowest BCUT2D eigenvalue weighted by Gasteiger charge is -2.13. The fourth-order valence-electron chi connectivity index (χ4n) is 2.00. The summed E-state index contributed by atoms with van der Waals surface area (Å²) in [4.78, 5) is 12.2. The van der Waals surface area contributed by atoms with Crippen molar-refractivity contribution in [3.63, 3.8) is 0 Å². The first kappa shape index (κ1) is 15.6. The Hall–Kier alpha value is -1.42. The molecule has 1 aromatic carbocycles. The Balaban J connectivity index is 2.71. The number of ether oxygens (including phenoxy) is 1. The highest BCUT2D eigenvalue weighted by Crippen LogP contribution is 2.24. The van der Waals surface area contributed by atoms with Crippen molar-refractivity contribution in [2.75, 3.05) is 7.11 Å². The summed E-state index contributed by atoms with van der Waals surface area (Å²) in [6, 6.07) is 4.77. The Morgan fingerprint density at radius 1 is 1.37 bits per heavy atom. The first-order valence-corrected chi connectivity index (χ1v) is 6.59. The van der Waals surface area contributed by atoms with Crippen LogP contribution in [-0.2, 0) is 0 Å². The molecular weight excluding hydrogens is 245 g/mol. The van der Waals surface area contributed by atoms with Crippen molar-refractivity contribution in [1.82, 2.24) is 0 Å². The van der Waals surface area contributed by atoms with Gasteiger partial charge in [0.25, 0.3) is 0 Å². The Kier molecular flexibility index (Phi) is 5.96. The van der Waals surface area contributed by atoms with Gasteiger partial charge in [-0.1, -0.05) is 19.4 Å². The van der Waals surface area contributed by atoms with E-state index in [4.69, 9.17) is 10.5 Å². The summed E-state index contributed by atoms with van der Waals surface area (Å²) < 4.78 is 18.9. The van der Waals surface area contributed by atoms with Crippen molar-refractivity contribution < 1.29 is 13.9 Å². The molecule has 2 atom stereocenters. The second kappa shape index (κ2) is 7.24. The van der Waals surface area contributed by atoms with Crippen LogP contribution in [0.15, 0.2) is 18.2 Å². The third-order valence-electron chi connectivity index (χ3n) is 3.19. The minimum atomic E-state index is -0.575. The van der Waals surface area contributed by atoms with Gasteiger partial charge in [-0.3, -0.25) is 4.79 Å². The van der Waals surface area contributed by atoms with E-state index in [0.717, 1.165) is 19.3 Å². The second-order valence-corrected chi connectivity index (χ2v) is 5.00. The van der Waals surface area contributed by atoms with Gasteiger partial charge in [0.1, 0.15) is 0 Å². The normalized spacial score (nSPS) is 13.9. The van der Waals surface area contributed by atoms with Crippen LogP contribution in [0.3, 0.4) is 0 Å². The van der Waals surface area contributed by atoms with E-state index in [-0.39, 0.29) is 29.1 Å². The molecule has 0 radical (unpaired) electrons. The van der Waals surface area contributed by atoms with E-state index in [1.807, 2.05) is 13.8 Å². The maximum absolute atomic E-state index is 14.0. The number of nitrogens with two attached hydrogens (primary N) is 1. The molecule has 3 nitrogen and oxygen atoms in total. The van der Waals surface area contributed by atoms with Crippen molar-refractivity contribution in [1.29, 1.82) is 0 Å². The lowest BCUT2D eigenvalue weighted by Crippen LogP contribution is -2.17. The van der Waals surface area contributed by atoms with Crippen molar-refractivity contribution in [3.05, 3.63) is 29.6 Å². The lowest BCUT2D eigenvalue weighted by molar-refractivity contribution is 0.0917. The molecule has 0 aromatic heterocycles. The number of carbonyl (C=O) groups excluding carboxylic acids is 1. The number of ketones is 1. The molecule has 1 aromatic rings. The molecule has 0 spiro atoms. The molecule has 4 heteroatoms. The van der Waals surface area contributed by atoms with Gasteiger partial charge in [0.15, 0.2) is 17.3 Å². The van der Waals surface area contributed by atoms with Gasteiger partial charge in [0.2, 0.25) is 0 Å². The van der Waals surface area contributed by atoms with Crippen LogP contribution in [0.1, 0.15) is 43.5 Å². The van der Waals surface area contributed by atoms with E-state index in [9.17, 15) is 9.18 Å². The molecule has 0 bridgehead atoms. The van der Waals surface area contributed by atoms with Gasteiger partial charge in [-0.2, -0.15) is 0 Å². The molecule has 19 heavy (non-hydrogen) atoms. The van der Waals surface area contributed by atoms with Crippen LogP contribution in [0.4, 0.5) is 4.39 Å². The zero-order valence-corrected chi connectivity index (χ0v) is 11.8. The number of hydrogen-bond donors (Lipinski definition) is 1. The Bertz CT molecular complexity index is 432. The number of methoxy groups -OCH3 is 1. The molecule has 2 unspecified atom stereocenters. The highest BCUT2D eigenvalue weighted by Gasteiger charge is 2.20. The molecule has 2 N–H and O–H groups in total.